The molecule has 196 valence electrons. The number of nitrogens with one attached hydrogen (secondary N) is 2. The molecule has 2 aliphatic carbocycles. The molecule has 2 unspecified atom stereocenters. The van der Waals surface area contributed by atoms with Gasteiger partial charge in [-0.05, 0) is 74.2 Å². The smallest absolute Gasteiger partial charge is 0.256 e. The third-order valence-electron chi connectivity index (χ3n) is 6.59. The lowest BCUT2D eigenvalue weighted by Gasteiger charge is -2.38. The number of carbonyl (C=O) groups is 2. The summed E-state index contributed by atoms with van der Waals surface area (Å²) in [6.45, 7) is 2.52. The van der Waals surface area contributed by atoms with E-state index in [1.54, 1.807) is 12.4 Å². The Hall–Kier alpha value is -2.59. The van der Waals surface area contributed by atoms with E-state index in [4.69, 9.17) is 4.74 Å². The van der Waals surface area contributed by atoms with Crippen LogP contribution in [0, 0.1) is 17.8 Å². The fraction of sp³-hybridized carbons (Fsp3) is 0.500. The van der Waals surface area contributed by atoms with Crippen LogP contribution in [-0.2, 0) is 19.6 Å². The monoisotopic (exact) mass is 533 g/mol. The Kier molecular flexibility index (Phi) is 10.2. The van der Waals surface area contributed by atoms with Crippen LogP contribution in [0.15, 0.2) is 60.0 Å². The molecule has 0 aliphatic heterocycles. The van der Waals surface area contributed by atoms with Gasteiger partial charge in [0.1, 0.15) is 18.4 Å². The zero-order chi connectivity index (χ0) is 26.1. The molecule has 10 heteroatoms. The molecule has 2 aliphatic rings. The minimum Gasteiger partial charge on any atom is -0.488 e. The number of aromatic nitrogens is 1. The van der Waals surface area contributed by atoms with E-state index >= 15 is 0 Å². The zero-order valence-corrected chi connectivity index (χ0v) is 22.6. The molecule has 1 aromatic heterocycles. The maximum atomic E-state index is 13.5. The van der Waals surface area contributed by atoms with Gasteiger partial charge in [0, 0.05) is 12.1 Å². The summed E-state index contributed by atoms with van der Waals surface area (Å²) in [5.41, 5.74) is 2.35. The van der Waals surface area contributed by atoms with Crippen molar-refractivity contribution >= 4 is 33.6 Å². The lowest BCUT2D eigenvalue weighted by atomic mass is 9.68. The van der Waals surface area contributed by atoms with E-state index in [9.17, 15) is 18.0 Å². The molecule has 0 fully saturated rings. The van der Waals surface area contributed by atoms with Gasteiger partial charge in [-0.15, -0.1) is 0 Å². The van der Waals surface area contributed by atoms with Gasteiger partial charge in [-0.3, -0.25) is 19.3 Å². The van der Waals surface area contributed by atoms with E-state index in [1.807, 2.05) is 29.2 Å². The molecular weight excluding hydrogens is 498 g/mol. The molecule has 8 nitrogen and oxygen atoms in total. The minimum atomic E-state index is -3.73. The maximum Gasteiger partial charge on any atom is 0.256 e. The number of allylic oxidation sites excluding steroid dienone is 5. The topological polar surface area (TPSA) is 114 Å². The zero-order valence-electron chi connectivity index (χ0n) is 21.0. The molecule has 4 atom stereocenters. The van der Waals surface area contributed by atoms with Gasteiger partial charge in [0.25, 0.3) is 5.91 Å². The molecule has 0 saturated carbocycles. The number of nitrogens with zero attached hydrogens (tertiary/aromatic N) is 1. The first-order valence-corrected chi connectivity index (χ1v) is 15.3. The van der Waals surface area contributed by atoms with E-state index < -0.39 is 22.0 Å². The molecule has 0 radical (unpaired) electrons. The number of hydrogen-bond donors (Lipinski definition) is 2. The van der Waals surface area contributed by atoms with Crippen molar-refractivity contribution in [3.8, 4) is 5.75 Å². The van der Waals surface area contributed by atoms with E-state index in [0.717, 1.165) is 18.2 Å². The number of rotatable bonds is 11. The largest absolute Gasteiger partial charge is 0.488 e. The Morgan fingerprint density at radius 3 is 2.78 bits per heavy atom. The fourth-order valence-corrected chi connectivity index (χ4v) is 5.73. The Morgan fingerprint density at radius 1 is 1.31 bits per heavy atom. The van der Waals surface area contributed by atoms with Gasteiger partial charge >= 0.3 is 0 Å². The van der Waals surface area contributed by atoms with E-state index in [2.05, 4.69) is 35.5 Å². The quantitative estimate of drug-likeness (QED) is 0.420. The molecule has 1 aromatic rings. The summed E-state index contributed by atoms with van der Waals surface area (Å²) in [6, 6.07) is 2.77. The average Bonchev–Trinajstić information content (AvgIpc) is 2.85. The summed E-state index contributed by atoms with van der Waals surface area (Å²) >= 11 is 1.53. The molecule has 2 N–H and O–H groups in total. The van der Waals surface area contributed by atoms with E-state index in [0.29, 0.717) is 37.4 Å². The maximum absolute atomic E-state index is 13.5. The SMILES string of the molecule is CSCC[C@H](NC(=O)[C@H]1CC=C(COc2cccnc2)CC1C1CC=CC=C1C)C(=O)NS(C)(=O)=O. The number of hydrogen-bond acceptors (Lipinski definition) is 7. The van der Waals surface area contributed by atoms with Crippen LogP contribution in [0.2, 0.25) is 0 Å². The van der Waals surface area contributed by atoms with Crippen LogP contribution in [-0.4, -0.2) is 56.1 Å². The van der Waals surface area contributed by atoms with Crippen molar-refractivity contribution in [3.63, 3.8) is 0 Å². The second kappa shape index (κ2) is 13.1. The molecule has 36 heavy (non-hydrogen) atoms. The van der Waals surface area contributed by atoms with Crippen molar-refractivity contribution in [2.45, 2.75) is 38.6 Å². The van der Waals surface area contributed by atoms with Gasteiger partial charge in [0.05, 0.1) is 12.5 Å². The van der Waals surface area contributed by atoms with Gasteiger partial charge in [0.2, 0.25) is 15.9 Å². The molecule has 0 spiro atoms. The minimum absolute atomic E-state index is 0.0304. The van der Waals surface area contributed by atoms with Gasteiger partial charge in [-0.1, -0.05) is 29.9 Å². The van der Waals surface area contributed by atoms with Crippen LogP contribution < -0.4 is 14.8 Å². The molecule has 2 amide bonds. The van der Waals surface area contributed by atoms with Crippen molar-refractivity contribution in [1.82, 2.24) is 15.0 Å². The molecular formula is C26H35N3O5S2. The van der Waals surface area contributed by atoms with Crippen LogP contribution in [0.25, 0.3) is 0 Å². The van der Waals surface area contributed by atoms with Crippen molar-refractivity contribution in [2.75, 3.05) is 24.9 Å². The number of thioether (sulfide) groups is 1. The van der Waals surface area contributed by atoms with Crippen LogP contribution >= 0.6 is 11.8 Å². The molecule has 0 bridgehead atoms. The Morgan fingerprint density at radius 2 is 2.11 bits per heavy atom. The predicted octanol–water partition coefficient (Wildman–Crippen LogP) is 3.25. The van der Waals surface area contributed by atoms with Crippen molar-refractivity contribution in [3.05, 3.63) is 60.0 Å². The van der Waals surface area contributed by atoms with Gasteiger partial charge < -0.3 is 10.1 Å². The number of pyridine rings is 1. The first-order valence-electron chi connectivity index (χ1n) is 12.0. The highest BCUT2D eigenvalue weighted by Crippen LogP contribution is 2.41. The van der Waals surface area contributed by atoms with Crippen LogP contribution in [0.5, 0.6) is 5.75 Å². The standard InChI is InChI=1S/C26H35N3O5S2/c1-18-7-4-5-9-21(18)23-15-19(17-34-20-8-6-13-27-16-20)10-11-22(23)25(30)28-24(12-14-35-2)26(31)29-36(3,32)33/h4-8,10,13,16,21-24H,9,11-12,14-15,17H2,1-3H3,(H,28,30)(H,29,31)/t21?,22-,23?,24-/m0/s1. The highest BCUT2D eigenvalue weighted by molar-refractivity contribution is 7.98. The lowest BCUT2D eigenvalue weighted by Crippen LogP contribution is -2.51. The number of sulfonamides is 1. The van der Waals surface area contributed by atoms with Crippen molar-refractivity contribution in [1.29, 1.82) is 0 Å². The lowest BCUT2D eigenvalue weighted by molar-refractivity contribution is -0.132. The van der Waals surface area contributed by atoms with E-state index in [1.165, 1.54) is 17.3 Å². The van der Waals surface area contributed by atoms with E-state index in [-0.39, 0.29) is 23.7 Å². The first-order chi connectivity index (χ1) is 17.2. The fourth-order valence-electron chi connectivity index (χ4n) is 4.75. The Labute approximate surface area is 218 Å². The van der Waals surface area contributed by atoms with Gasteiger partial charge in [0.15, 0.2) is 0 Å². The van der Waals surface area contributed by atoms with Gasteiger partial charge in [-0.2, -0.15) is 11.8 Å². The second-order valence-corrected chi connectivity index (χ2v) is 12.0. The normalized spacial score (nSPS) is 22.7. The van der Waals surface area contributed by atoms with Crippen LogP contribution in [0.3, 0.4) is 0 Å². The van der Waals surface area contributed by atoms with Crippen molar-refractivity contribution in [2.24, 2.45) is 17.8 Å². The first kappa shape index (κ1) is 28.0. The highest BCUT2D eigenvalue weighted by atomic mass is 32.2. The molecule has 0 aromatic carbocycles. The Bertz CT molecular complexity index is 1120. The summed E-state index contributed by atoms with van der Waals surface area (Å²) in [5.74, 6) is 0.270. The summed E-state index contributed by atoms with van der Waals surface area (Å²) in [6.07, 6.45) is 16.9. The predicted molar refractivity (Wildman–Crippen MR) is 143 cm³/mol. The second-order valence-electron chi connectivity index (χ2n) is 9.31. The summed E-state index contributed by atoms with van der Waals surface area (Å²) < 4.78 is 31.2. The average molecular weight is 534 g/mol. The Balaban J connectivity index is 1.77. The number of ether oxygens (including phenoxy) is 1. The number of carbonyl (C=O) groups excluding carboxylic acids is 2. The summed E-state index contributed by atoms with van der Waals surface area (Å²) in [4.78, 5) is 30.2. The highest BCUT2D eigenvalue weighted by Gasteiger charge is 2.38. The number of amides is 2. The van der Waals surface area contributed by atoms with Gasteiger partial charge in [-0.25, -0.2) is 8.42 Å². The van der Waals surface area contributed by atoms with Crippen LogP contribution in [0.1, 0.15) is 32.6 Å². The summed E-state index contributed by atoms with van der Waals surface area (Å²) in [5, 5.41) is 2.87. The van der Waals surface area contributed by atoms with Crippen molar-refractivity contribution < 1.29 is 22.7 Å². The molecule has 0 saturated heterocycles. The molecule has 1 heterocycles. The third kappa shape index (κ3) is 8.23. The molecule has 3 rings (SSSR count). The third-order valence-corrected chi connectivity index (χ3v) is 7.80. The summed E-state index contributed by atoms with van der Waals surface area (Å²) in [7, 11) is -3.73. The van der Waals surface area contributed by atoms with Crippen LogP contribution in [0.4, 0.5) is 0 Å².